The van der Waals surface area contributed by atoms with Crippen LogP contribution in [0, 0.1) is 5.82 Å². The number of amides is 2. The van der Waals surface area contributed by atoms with E-state index < -0.39 is 17.0 Å². The molecule has 0 aliphatic rings. The molecule has 3 N–H and O–H groups in total. The van der Waals surface area contributed by atoms with Crippen molar-refractivity contribution in [3.63, 3.8) is 0 Å². The minimum Gasteiger partial charge on any atom is -0.478 e. The van der Waals surface area contributed by atoms with Gasteiger partial charge in [0.15, 0.2) is 0 Å². The highest BCUT2D eigenvalue weighted by Crippen LogP contribution is 2.27. The molecule has 3 rings (SSSR count). The number of aromatic carboxylic acids is 1. The van der Waals surface area contributed by atoms with E-state index in [1.807, 2.05) is 6.07 Å². The van der Waals surface area contributed by atoms with Gasteiger partial charge in [-0.3, -0.25) is 9.59 Å². The van der Waals surface area contributed by atoms with Gasteiger partial charge in [-0.1, -0.05) is 6.07 Å². The summed E-state index contributed by atoms with van der Waals surface area (Å²) in [5, 5.41) is 14.0. The molecule has 3 aromatic carbocycles. The summed E-state index contributed by atoms with van der Waals surface area (Å²) >= 11 is 1.31. The number of anilines is 2. The van der Waals surface area contributed by atoms with Crippen LogP contribution in [0.15, 0.2) is 77.7 Å². The van der Waals surface area contributed by atoms with Gasteiger partial charge in [0.25, 0.3) is 5.91 Å². The van der Waals surface area contributed by atoms with Gasteiger partial charge in [0.2, 0.25) is 5.91 Å². The molecule has 6 nitrogen and oxygen atoms in total. The fourth-order valence-electron chi connectivity index (χ4n) is 2.65. The third kappa shape index (κ3) is 6.16. The Bertz CT molecular complexity index is 1100. The lowest BCUT2D eigenvalue weighted by molar-refractivity contribution is -0.115. The molecule has 0 bridgehead atoms. The number of carboxylic acid groups (broad SMARTS) is 1. The zero-order chi connectivity index (χ0) is 22.4. The molecule has 1 unspecified atom stereocenters. The number of carboxylic acids is 1. The third-order valence-electron chi connectivity index (χ3n) is 4.28. The standard InChI is InChI=1S/C23H19FN2O4S/c1-14(21(27)25-18-11-7-16(8-12-18)23(29)30)31-20-4-2-3-19(13-20)26-22(28)15-5-9-17(24)10-6-15/h2-14H,1H3,(H,25,27)(H,26,28)(H,29,30). The summed E-state index contributed by atoms with van der Waals surface area (Å²) in [4.78, 5) is 36.4. The smallest absolute Gasteiger partial charge is 0.335 e. The van der Waals surface area contributed by atoms with Gasteiger partial charge < -0.3 is 15.7 Å². The van der Waals surface area contributed by atoms with Gasteiger partial charge in [0, 0.05) is 21.8 Å². The predicted molar refractivity (Wildman–Crippen MR) is 118 cm³/mol. The fourth-order valence-corrected chi connectivity index (χ4v) is 3.58. The normalized spacial score (nSPS) is 11.4. The van der Waals surface area contributed by atoms with E-state index in [4.69, 9.17) is 5.11 Å². The molecule has 3 aromatic rings. The lowest BCUT2D eigenvalue weighted by Gasteiger charge is -2.13. The van der Waals surface area contributed by atoms with Crippen LogP contribution in [0.25, 0.3) is 0 Å². The number of benzene rings is 3. The number of halogens is 1. The van der Waals surface area contributed by atoms with E-state index in [1.165, 1.54) is 60.3 Å². The van der Waals surface area contributed by atoms with E-state index in [0.29, 0.717) is 16.9 Å². The van der Waals surface area contributed by atoms with Crippen LogP contribution < -0.4 is 10.6 Å². The van der Waals surface area contributed by atoms with E-state index in [1.54, 1.807) is 25.1 Å². The molecular formula is C23H19FN2O4S. The van der Waals surface area contributed by atoms with Crippen LogP contribution in [0.1, 0.15) is 27.6 Å². The first-order chi connectivity index (χ1) is 14.8. The fraction of sp³-hybridized carbons (Fsp3) is 0.0870. The zero-order valence-corrected chi connectivity index (χ0v) is 17.3. The SMILES string of the molecule is CC(Sc1cccc(NC(=O)c2ccc(F)cc2)c1)C(=O)Nc1ccc(C(=O)O)cc1. The van der Waals surface area contributed by atoms with Crippen molar-refractivity contribution in [3.05, 3.63) is 89.7 Å². The van der Waals surface area contributed by atoms with E-state index >= 15 is 0 Å². The summed E-state index contributed by atoms with van der Waals surface area (Å²) in [5.74, 6) is -2.06. The third-order valence-corrected chi connectivity index (χ3v) is 5.37. The van der Waals surface area contributed by atoms with E-state index in [2.05, 4.69) is 10.6 Å². The average Bonchev–Trinajstić information content (AvgIpc) is 2.74. The van der Waals surface area contributed by atoms with Crippen molar-refractivity contribution in [1.82, 2.24) is 0 Å². The molecule has 0 aliphatic carbocycles. The molecular weight excluding hydrogens is 419 g/mol. The summed E-state index contributed by atoms with van der Waals surface area (Å²) < 4.78 is 13.0. The molecule has 31 heavy (non-hydrogen) atoms. The van der Waals surface area contributed by atoms with Crippen molar-refractivity contribution >= 4 is 40.9 Å². The molecule has 0 aliphatic heterocycles. The first-order valence-electron chi connectivity index (χ1n) is 9.29. The molecule has 0 spiro atoms. The highest BCUT2D eigenvalue weighted by Gasteiger charge is 2.15. The summed E-state index contributed by atoms with van der Waals surface area (Å²) in [6, 6.07) is 18.2. The lowest BCUT2D eigenvalue weighted by atomic mass is 10.2. The molecule has 0 aromatic heterocycles. The van der Waals surface area contributed by atoms with Crippen LogP contribution in [0.3, 0.4) is 0 Å². The van der Waals surface area contributed by atoms with Crippen molar-refractivity contribution in [3.8, 4) is 0 Å². The molecule has 0 fully saturated rings. The Morgan fingerprint density at radius 1 is 0.871 bits per heavy atom. The number of nitrogens with one attached hydrogen (secondary N) is 2. The van der Waals surface area contributed by atoms with Gasteiger partial charge in [0.1, 0.15) is 5.82 Å². The molecule has 8 heteroatoms. The monoisotopic (exact) mass is 438 g/mol. The maximum Gasteiger partial charge on any atom is 0.335 e. The second-order valence-electron chi connectivity index (χ2n) is 6.62. The minimum absolute atomic E-state index is 0.139. The van der Waals surface area contributed by atoms with Gasteiger partial charge in [-0.15, -0.1) is 11.8 Å². The summed E-state index contributed by atoms with van der Waals surface area (Å²) in [5.41, 5.74) is 1.53. The Kier molecular flexibility index (Phi) is 7.04. The van der Waals surface area contributed by atoms with E-state index in [0.717, 1.165) is 4.90 Å². The number of rotatable bonds is 7. The van der Waals surface area contributed by atoms with Gasteiger partial charge in [0.05, 0.1) is 10.8 Å². The molecule has 0 saturated carbocycles. The number of hydrogen-bond acceptors (Lipinski definition) is 4. The second kappa shape index (κ2) is 9.90. The van der Waals surface area contributed by atoms with Gasteiger partial charge >= 0.3 is 5.97 Å². The summed E-state index contributed by atoms with van der Waals surface area (Å²) in [7, 11) is 0. The zero-order valence-electron chi connectivity index (χ0n) is 16.5. The van der Waals surface area contributed by atoms with Gasteiger partial charge in [-0.2, -0.15) is 0 Å². The number of carbonyl (C=O) groups excluding carboxylic acids is 2. The quantitative estimate of drug-likeness (QED) is 0.456. The number of hydrogen-bond donors (Lipinski definition) is 3. The highest BCUT2D eigenvalue weighted by atomic mass is 32.2. The molecule has 0 radical (unpaired) electrons. The van der Waals surface area contributed by atoms with E-state index in [-0.39, 0.29) is 17.4 Å². The van der Waals surface area contributed by atoms with Gasteiger partial charge in [-0.05, 0) is 73.7 Å². The topological polar surface area (TPSA) is 95.5 Å². The second-order valence-corrected chi connectivity index (χ2v) is 8.03. The van der Waals surface area contributed by atoms with Crippen molar-refractivity contribution in [2.45, 2.75) is 17.1 Å². The van der Waals surface area contributed by atoms with Crippen LogP contribution in [0.5, 0.6) is 0 Å². The number of carbonyl (C=O) groups is 3. The predicted octanol–water partition coefficient (Wildman–Crippen LogP) is 4.90. The van der Waals surface area contributed by atoms with Crippen LogP contribution in [-0.4, -0.2) is 28.1 Å². The molecule has 0 heterocycles. The first kappa shape index (κ1) is 22.0. The van der Waals surface area contributed by atoms with Crippen LogP contribution in [-0.2, 0) is 4.79 Å². The Morgan fingerprint density at radius 2 is 1.52 bits per heavy atom. The molecule has 2 amide bonds. The number of thioether (sulfide) groups is 1. The van der Waals surface area contributed by atoms with Gasteiger partial charge in [-0.25, -0.2) is 9.18 Å². The van der Waals surface area contributed by atoms with Crippen molar-refractivity contribution in [1.29, 1.82) is 0 Å². The summed E-state index contributed by atoms with van der Waals surface area (Å²) in [6.07, 6.45) is 0. The van der Waals surface area contributed by atoms with Crippen LogP contribution in [0.2, 0.25) is 0 Å². The van der Waals surface area contributed by atoms with E-state index in [9.17, 15) is 18.8 Å². The highest BCUT2D eigenvalue weighted by molar-refractivity contribution is 8.00. The molecule has 1 atom stereocenters. The van der Waals surface area contributed by atoms with Crippen LogP contribution >= 0.6 is 11.8 Å². The molecule has 158 valence electrons. The van der Waals surface area contributed by atoms with Crippen molar-refractivity contribution in [2.24, 2.45) is 0 Å². The Labute approximate surface area is 182 Å². The average molecular weight is 438 g/mol. The maximum absolute atomic E-state index is 13.0. The van der Waals surface area contributed by atoms with Crippen molar-refractivity contribution < 1.29 is 23.9 Å². The Balaban J connectivity index is 1.60. The Hall–Kier alpha value is -3.65. The van der Waals surface area contributed by atoms with Crippen molar-refractivity contribution in [2.75, 3.05) is 10.6 Å². The summed E-state index contributed by atoms with van der Waals surface area (Å²) in [6.45, 7) is 1.75. The molecule has 0 saturated heterocycles. The lowest BCUT2D eigenvalue weighted by Crippen LogP contribution is -2.22. The largest absolute Gasteiger partial charge is 0.478 e. The maximum atomic E-state index is 13.0. The Morgan fingerprint density at radius 3 is 2.16 bits per heavy atom. The first-order valence-corrected chi connectivity index (χ1v) is 10.2. The minimum atomic E-state index is -1.03. The van der Waals surface area contributed by atoms with Crippen LogP contribution in [0.4, 0.5) is 15.8 Å².